The lowest BCUT2D eigenvalue weighted by molar-refractivity contribution is 0.101. The SMILES string of the molecule is CC(C)Oc1ccncc1NC(=O)c1cc(Cl)nn2cc(-c3ccccc3)nc12.CC(C)Oc1ccncc1NC(=O)c1ccnn2cc(-c3ccccc3)nc12.CCO. The Balaban J connectivity index is 0.000000189. The van der Waals surface area contributed by atoms with E-state index < -0.39 is 0 Å². The van der Waals surface area contributed by atoms with Crippen molar-refractivity contribution in [2.24, 2.45) is 0 Å². The zero-order chi connectivity index (χ0) is 42.6. The third kappa shape index (κ3) is 10.6. The van der Waals surface area contributed by atoms with E-state index in [1.54, 1.807) is 66.8 Å². The molecule has 0 radical (unpaired) electrons. The van der Waals surface area contributed by atoms with Gasteiger partial charge in [-0.15, -0.1) is 0 Å². The highest BCUT2D eigenvalue weighted by Crippen LogP contribution is 2.28. The largest absolute Gasteiger partial charge is 0.489 e. The molecule has 16 heteroatoms. The quantitative estimate of drug-likeness (QED) is 0.121. The average Bonchev–Trinajstić information content (AvgIpc) is 3.88. The number of rotatable bonds is 10. The van der Waals surface area contributed by atoms with Gasteiger partial charge in [-0.3, -0.25) is 19.6 Å². The predicted octanol–water partition coefficient (Wildman–Crippen LogP) is 8.31. The molecule has 0 atom stereocenters. The first-order valence-electron chi connectivity index (χ1n) is 19.0. The predicted molar refractivity (Wildman–Crippen MR) is 231 cm³/mol. The molecule has 0 fully saturated rings. The number of aliphatic hydroxyl groups excluding tert-OH is 1. The summed E-state index contributed by atoms with van der Waals surface area (Å²) in [6, 6.07) is 26.0. The molecule has 8 rings (SSSR count). The molecule has 0 aliphatic heterocycles. The van der Waals surface area contributed by atoms with Gasteiger partial charge < -0.3 is 25.2 Å². The Bertz CT molecular complexity index is 2690. The van der Waals surface area contributed by atoms with Crippen LogP contribution in [-0.4, -0.2) is 74.9 Å². The maximum Gasteiger partial charge on any atom is 0.259 e. The monoisotopic (exact) mass is 826 g/mol. The van der Waals surface area contributed by atoms with E-state index in [-0.39, 0.29) is 35.8 Å². The molecule has 0 unspecified atom stereocenters. The second-order valence-corrected chi connectivity index (χ2v) is 13.8. The topological polar surface area (TPSA) is 183 Å². The Kier molecular flexibility index (Phi) is 14.1. The van der Waals surface area contributed by atoms with Crippen molar-refractivity contribution in [2.45, 2.75) is 46.8 Å². The van der Waals surface area contributed by atoms with E-state index in [1.807, 2.05) is 88.4 Å². The van der Waals surface area contributed by atoms with Crippen LogP contribution in [-0.2, 0) is 0 Å². The van der Waals surface area contributed by atoms with Crippen molar-refractivity contribution in [3.63, 3.8) is 0 Å². The highest BCUT2D eigenvalue weighted by atomic mass is 35.5. The van der Waals surface area contributed by atoms with Gasteiger partial charge in [-0.25, -0.2) is 19.0 Å². The van der Waals surface area contributed by atoms with Crippen molar-refractivity contribution in [3.05, 3.63) is 145 Å². The van der Waals surface area contributed by atoms with E-state index in [2.05, 4.69) is 40.8 Å². The molecule has 8 aromatic rings. The van der Waals surface area contributed by atoms with Crippen molar-refractivity contribution in [1.82, 2.24) is 39.2 Å². The van der Waals surface area contributed by atoms with E-state index >= 15 is 0 Å². The van der Waals surface area contributed by atoms with E-state index in [0.29, 0.717) is 51.0 Å². The number of anilines is 2. The van der Waals surface area contributed by atoms with Crippen LogP contribution in [0.15, 0.2) is 128 Å². The van der Waals surface area contributed by atoms with Crippen LogP contribution >= 0.6 is 11.6 Å². The van der Waals surface area contributed by atoms with Crippen LogP contribution in [0, 0.1) is 0 Å². The Morgan fingerprint density at radius 3 is 1.65 bits per heavy atom. The molecule has 0 bridgehead atoms. The average molecular weight is 827 g/mol. The second-order valence-electron chi connectivity index (χ2n) is 13.4. The van der Waals surface area contributed by atoms with Gasteiger partial charge in [0.05, 0.1) is 59.5 Å². The number of nitrogens with one attached hydrogen (secondary N) is 2. The first-order valence-corrected chi connectivity index (χ1v) is 19.4. The molecule has 0 saturated carbocycles. The fourth-order valence-electron chi connectivity index (χ4n) is 5.73. The minimum absolute atomic E-state index is 0.0218. The van der Waals surface area contributed by atoms with Crippen molar-refractivity contribution >= 4 is 46.1 Å². The lowest BCUT2D eigenvalue weighted by Crippen LogP contribution is -2.16. The summed E-state index contributed by atoms with van der Waals surface area (Å²) in [6.07, 6.45) is 11.4. The van der Waals surface area contributed by atoms with E-state index in [9.17, 15) is 9.59 Å². The molecule has 0 spiro atoms. The van der Waals surface area contributed by atoms with Gasteiger partial charge in [0.15, 0.2) is 16.4 Å². The number of ether oxygens (including phenoxy) is 2. The van der Waals surface area contributed by atoms with Gasteiger partial charge in [0, 0.05) is 48.5 Å². The summed E-state index contributed by atoms with van der Waals surface area (Å²) in [5, 5.41) is 22.0. The van der Waals surface area contributed by atoms with Crippen LogP contribution < -0.4 is 20.1 Å². The first kappa shape index (κ1) is 42.4. The summed E-state index contributed by atoms with van der Waals surface area (Å²) in [5.41, 5.74) is 5.88. The molecule has 0 saturated heterocycles. The van der Waals surface area contributed by atoms with Gasteiger partial charge in [0.1, 0.15) is 22.9 Å². The van der Waals surface area contributed by atoms with E-state index in [4.69, 9.17) is 26.2 Å². The number of pyridine rings is 2. The number of hydrogen-bond acceptors (Lipinski definition) is 11. The molecule has 2 amide bonds. The fraction of sp³-hybridized carbons (Fsp3) is 0.182. The van der Waals surface area contributed by atoms with Gasteiger partial charge in [0.25, 0.3) is 11.8 Å². The zero-order valence-corrected chi connectivity index (χ0v) is 34.3. The molecular formula is C44H43ClN10O5. The lowest BCUT2D eigenvalue weighted by atomic mass is 10.2. The zero-order valence-electron chi connectivity index (χ0n) is 33.5. The number of aromatic nitrogens is 8. The summed E-state index contributed by atoms with van der Waals surface area (Å²) in [5.74, 6) is 0.412. The lowest BCUT2D eigenvalue weighted by Gasteiger charge is -2.14. The van der Waals surface area contributed by atoms with Gasteiger partial charge in [-0.05, 0) is 46.8 Å². The number of nitrogens with zero attached hydrogens (tertiary/aromatic N) is 8. The fourth-order valence-corrected chi connectivity index (χ4v) is 5.92. The molecule has 60 heavy (non-hydrogen) atoms. The summed E-state index contributed by atoms with van der Waals surface area (Å²) in [6.45, 7) is 9.60. The number of carbonyl (C=O) groups is 2. The molecule has 15 nitrogen and oxygen atoms in total. The van der Waals surface area contributed by atoms with Crippen molar-refractivity contribution < 1.29 is 24.2 Å². The molecule has 2 aromatic carbocycles. The third-order valence-electron chi connectivity index (χ3n) is 8.17. The summed E-state index contributed by atoms with van der Waals surface area (Å²) in [7, 11) is 0. The first-order chi connectivity index (χ1) is 29.0. The van der Waals surface area contributed by atoms with Gasteiger partial charge in [0.2, 0.25) is 0 Å². The minimum Gasteiger partial charge on any atom is -0.489 e. The smallest absolute Gasteiger partial charge is 0.259 e. The van der Waals surface area contributed by atoms with Crippen LogP contribution in [0.2, 0.25) is 5.15 Å². The van der Waals surface area contributed by atoms with Gasteiger partial charge in [-0.2, -0.15) is 10.2 Å². The highest BCUT2D eigenvalue weighted by molar-refractivity contribution is 6.30. The van der Waals surface area contributed by atoms with E-state index in [0.717, 1.165) is 16.8 Å². The van der Waals surface area contributed by atoms with Crippen LogP contribution in [0.3, 0.4) is 0 Å². The number of amides is 2. The summed E-state index contributed by atoms with van der Waals surface area (Å²) < 4.78 is 14.6. The normalized spacial score (nSPS) is 10.8. The summed E-state index contributed by atoms with van der Waals surface area (Å²) >= 11 is 6.15. The summed E-state index contributed by atoms with van der Waals surface area (Å²) in [4.78, 5) is 43.3. The number of carbonyl (C=O) groups excluding carboxylic acids is 2. The maximum absolute atomic E-state index is 13.0. The van der Waals surface area contributed by atoms with E-state index in [1.165, 1.54) is 16.8 Å². The van der Waals surface area contributed by atoms with Crippen LogP contribution in [0.4, 0.5) is 11.4 Å². The van der Waals surface area contributed by atoms with Gasteiger partial charge >= 0.3 is 0 Å². The van der Waals surface area contributed by atoms with Crippen LogP contribution in [0.25, 0.3) is 33.8 Å². The van der Waals surface area contributed by atoms with Crippen LogP contribution in [0.5, 0.6) is 11.5 Å². The number of fused-ring (bicyclic) bond motifs is 2. The highest BCUT2D eigenvalue weighted by Gasteiger charge is 2.20. The minimum atomic E-state index is -0.383. The Hall–Kier alpha value is -7.23. The van der Waals surface area contributed by atoms with Crippen molar-refractivity contribution in [1.29, 1.82) is 0 Å². The Morgan fingerprint density at radius 2 is 1.15 bits per heavy atom. The second kappa shape index (κ2) is 20.0. The molecule has 0 aliphatic rings. The number of benzene rings is 2. The molecule has 6 aromatic heterocycles. The number of hydrogen-bond donors (Lipinski definition) is 3. The molecule has 0 aliphatic carbocycles. The number of halogens is 1. The van der Waals surface area contributed by atoms with Gasteiger partial charge in [-0.1, -0.05) is 72.3 Å². The van der Waals surface area contributed by atoms with Crippen molar-refractivity contribution in [2.75, 3.05) is 17.2 Å². The Labute approximate surface area is 351 Å². The van der Waals surface area contributed by atoms with Crippen molar-refractivity contribution in [3.8, 4) is 34.0 Å². The molecule has 6 heterocycles. The third-order valence-corrected chi connectivity index (χ3v) is 8.35. The maximum atomic E-state index is 13.0. The van der Waals surface area contributed by atoms with Crippen LogP contribution in [0.1, 0.15) is 55.3 Å². The molecule has 306 valence electrons. The standard InChI is InChI=1S/C21H18ClN5O2.C21H19N5O2.C2H6O/c1-13(2)29-18-8-9-23-11-16(18)25-21(28)15-10-19(22)26-27-12-17(24-20(15)27)14-6-4-3-5-7-14;1-14(2)28-19-9-10-22-12-17(19)25-21(27)16-8-11-23-26-13-18(24-20(16)26)15-6-4-3-5-7-15;1-2-3/h3-13H,1-2H3,(H,25,28);3-14H,1-2H3,(H,25,27);3H,2H2,1H3. The number of aliphatic hydroxyl groups is 1. The number of imidazole rings is 2. The molecule has 3 N–H and O–H groups in total. The molecular weight excluding hydrogens is 784 g/mol. The Morgan fingerprint density at radius 1 is 0.683 bits per heavy atom.